The van der Waals surface area contributed by atoms with Gasteiger partial charge in [-0.1, -0.05) is 0 Å². The molecule has 1 saturated carbocycles. The van der Waals surface area contributed by atoms with Crippen LogP contribution in [0.15, 0.2) is 22.8 Å². The average Bonchev–Trinajstić information content (AvgIpc) is 3.09. The van der Waals surface area contributed by atoms with Crippen LogP contribution in [0.5, 0.6) is 0 Å². The Bertz CT molecular complexity index is 335. The van der Waals surface area contributed by atoms with Gasteiger partial charge < -0.3 is 14.5 Å². The standard InChI is InChI=1S/C13H20N2O2/c1-2-12(16-6-1)8-14-9-13-10-15(5-7-17-13)11-3-4-11/h1-2,6,11,13-14H,3-5,7-10H2. The van der Waals surface area contributed by atoms with E-state index >= 15 is 0 Å². The zero-order chi connectivity index (χ0) is 11.5. The molecule has 4 nitrogen and oxygen atoms in total. The van der Waals surface area contributed by atoms with Gasteiger partial charge in [-0.2, -0.15) is 0 Å². The van der Waals surface area contributed by atoms with E-state index in [-0.39, 0.29) is 0 Å². The van der Waals surface area contributed by atoms with E-state index in [1.54, 1.807) is 6.26 Å². The van der Waals surface area contributed by atoms with E-state index in [0.717, 1.165) is 44.6 Å². The lowest BCUT2D eigenvalue weighted by Crippen LogP contribution is -2.47. The van der Waals surface area contributed by atoms with Crippen molar-refractivity contribution in [1.82, 2.24) is 10.2 Å². The van der Waals surface area contributed by atoms with Gasteiger partial charge in [0.2, 0.25) is 0 Å². The van der Waals surface area contributed by atoms with Crippen molar-refractivity contribution in [2.75, 3.05) is 26.2 Å². The van der Waals surface area contributed by atoms with Crippen LogP contribution in [-0.2, 0) is 11.3 Å². The predicted molar refractivity (Wildman–Crippen MR) is 64.7 cm³/mol. The molecule has 0 spiro atoms. The molecule has 0 bridgehead atoms. The third kappa shape index (κ3) is 3.09. The monoisotopic (exact) mass is 236 g/mol. The van der Waals surface area contributed by atoms with Gasteiger partial charge in [-0.3, -0.25) is 4.90 Å². The largest absolute Gasteiger partial charge is 0.468 e. The van der Waals surface area contributed by atoms with Crippen molar-refractivity contribution in [1.29, 1.82) is 0 Å². The van der Waals surface area contributed by atoms with Crippen molar-refractivity contribution in [3.05, 3.63) is 24.2 Å². The van der Waals surface area contributed by atoms with Crippen molar-refractivity contribution >= 4 is 0 Å². The molecule has 1 atom stereocenters. The van der Waals surface area contributed by atoms with Crippen LogP contribution in [0.25, 0.3) is 0 Å². The normalized spacial score (nSPS) is 26.2. The van der Waals surface area contributed by atoms with E-state index in [1.165, 1.54) is 12.8 Å². The lowest BCUT2D eigenvalue weighted by atomic mass is 10.2. The highest BCUT2D eigenvalue weighted by molar-refractivity contribution is 4.97. The van der Waals surface area contributed by atoms with E-state index in [4.69, 9.17) is 9.15 Å². The summed E-state index contributed by atoms with van der Waals surface area (Å²) in [6.07, 6.45) is 4.81. The molecule has 17 heavy (non-hydrogen) atoms. The average molecular weight is 236 g/mol. The van der Waals surface area contributed by atoms with Crippen molar-refractivity contribution < 1.29 is 9.15 Å². The first-order chi connectivity index (χ1) is 8.42. The van der Waals surface area contributed by atoms with Gasteiger partial charge in [0.05, 0.1) is 25.5 Å². The summed E-state index contributed by atoms with van der Waals surface area (Å²) in [4.78, 5) is 2.57. The summed E-state index contributed by atoms with van der Waals surface area (Å²) in [5.41, 5.74) is 0. The number of nitrogens with zero attached hydrogens (tertiary/aromatic N) is 1. The first-order valence-corrected chi connectivity index (χ1v) is 6.50. The summed E-state index contributed by atoms with van der Waals surface area (Å²) < 4.78 is 11.0. The number of morpholine rings is 1. The van der Waals surface area contributed by atoms with Crippen LogP contribution in [-0.4, -0.2) is 43.3 Å². The lowest BCUT2D eigenvalue weighted by molar-refractivity contribution is -0.0302. The summed E-state index contributed by atoms with van der Waals surface area (Å²) in [6, 6.07) is 4.76. The maximum absolute atomic E-state index is 5.77. The Kier molecular flexibility index (Phi) is 3.45. The summed E-state index contributed by atoms with van der Waals surface area (Å²) in [6.45, 7) is 4.76. The van der Waals surface area contributed by atoms with Gasteiger partial charge in [-0.15, -0.1) is 0 Å². The molecule has 2 fully saturated rings. The van der Waals surface area contributed by atoms with Gasteiger partial charge >= 0.3 is 0 Å². The van der Waals surface area contributed by atoms with E-state index in [1.807, 2.05) is 12.1 Å². The molecule has 0 amide bonds. The van der Waals surface area contributed by atoms with Gasteiger partial charge in [-0.25, -0.2) is 0 Å². The van der Waals surface area contributed by atoms with Gasteiger partial charge in [0.25, 0.3) is 0 Å². The zero-order valence-corrected chi connectivity index (χ0v) is 10.1. The first kappa shape index (κ1) is 11.3. The van der Waals surface area contributed by atoms with Crippen molar-refractivity contribution in [2.24, 2.45) is 0 Å². The molecule has 1 aliphatic carbocycles. The number of nitrogens with one attached hydrogen (secondary N) is 1. The highest BCUT2D eigenvalue weighted by Gasteiger charge is 2.32. The van der Waals surface area contributed by atoms with Crippen LogP contribution >= 0.6 is 0 Å². The molecule has 1 aliphatic heterocycles. The fourth-order valence-electron chi connectivity index (χ4n) is 2.41. The predicted octanol–water partition coefficient (Wildman–Crippen LogP) is 1.23. The summed E-state index contributed by atoms with van der Waals surface area (Å²) >= 11 is 0. The zero-order valence-electron chi connectivity index (χ0n) is 10.1. The molecule has 1 saturated heterocycles. The summed E-state index contributed by atoms with van der Waals surface area (Å²) in [5.74, 6) is 0.986. The van der Waals surface area contributed by atoms with Gasteiger partial charge in [0.1, 0.15) is 5.76 Å². The summed E-state index contributed by atoms with van der Waals surface area (Å²) in [5, 5.41) is 3.39. The van der Waals surface area contributed by atoms with Crippen molar-refractivity contribution in [3.8, 4) is 0 Å². The van der Waals surface area contributed by atoms with Crippen LogP contribution in [0, 0.1) is 0 Å². The fourth-order valence-corrected chi connectivity index (χ4v) is 2.41. The molecule has 2 aliphatic rings. The van der Waals surface area contributed by atoms with Crippen LogP contribution < -0.4 is 5.32 Å². The second-order valence-corrected chi connectivity index (χ2v) is 4.93. The van der Waals surface area contributed by atoms with Crippen LogP contribution in [0.2, 0.25) is 0 Å². The molecule has 3 rings (SSSR count). The molecule has 0 aromatic carbocycles. The number of furan rings is 1. The van der Waals surface area contributed by atoms with Crippen molar-refractivity contribution in [3.63, 3.8) is 0 Å². The Morgan fingerprint density at radius 1 is 1.41 bits per heavy atom. The number of hydrogen-bond donors (Lipinski definition) is 1. The minimum atomic E-state index is 0.333. The highest BCUT2D eigenvalue weighted by atomic mass is 16.5. The van der Waals surface area contributed by atoms with Gasteiger partial charge in [0, 0.05) is 25.7 Å². The number of hydrogen-bond acceptors (Lipinski definition) is 4. The molecule has 2 heterocycles. The Balaban J connectivity index is 1.39. The third-order valence-electron chi connectivity index (χ3n) is 3.48. The maximum atomic E-state index is 5.77. The molecule has 1 aromatic rings. The molecule has 1 aromatic heterocycles. The van der Waals surface area contributed by atoms with Crippen LogP contribution in [0.3, 0.4) is 0 Å². The molecule has 0 radical (unpaired) electrons. The van der Waals surface area contributed by atoms with E-state index < -0.39 is 0 Å². The molecule has 1 N–H and O–H groups in total. The smallest absolute Gasteiger partial charge is 0.117 e. The lowest BCUT2D eigenvalue weighted by Gasteiger charge is -2.33. The molecule has 4 heteroatoms. The molecular weight excluding hydrogens is 216 g/mol. The third-order valence-corrected chi connectivity index (χ3v) is 3.48. The van der Waals surface area contributed by atoms with E-state index in [2.05, 4.69) is 10.2 Å². The van der Waals surface area contributed by atoms with Gasteiger partial charge in [0.15, 0.2) is 0 Å². The molecule has 1 unspecified atom stereocenters. The SMILES string of the molecule is c1coc(CNCC2CN(C3CC3)CCO2)c1. The first-order valence-electron chi connectivity index (χ1n) is 6.50. The Morgan fingerprint density at radius 2 is 2.35 bits per heavy atom. The maximum Gasteiger partial charge on any atom is 0.117 e. The van der Waals surface area contributed by atoms with Gasteiger partial charge in [-0.05, 0) is 25.0 Å². The van der Waals surface area contributed by atoms with Crippen molar-refractivity contribution in [2.45, 2.75) is 31.5 Å². The molecular formula is C13H20N2O2. The topological polar surface area (TPSA) is 37.6 Å². The minimum Gasteiger partial charge on any atom is -0.468 e. The second kappa shape index (κ2) is 5.21. The van der Waals surface area contributed by atoms with E-state index in [9.17, 15) is 0 Å². The van der Waals surface area contributed by atoms with Crippen LogP contribution in [0.1, 0.15) is 18.6 Å². The van der Waals surface area contributed by atoms with Crippen LogP contribution in [0.4, 0.5) is 0 Å². The summed E-state index contributed by atoms with van der Waals surface area (Å²) in [7, 11) is 0. The van der Waals surface area contributed by atoms with E-state index in [0.29, 0.717) is 6.10 Å². The minimum absolute atomic E-state index is 0.333. The Morgan fingerprint density at radius 3 is 3.12 bits per heavy atom. The fraction of sp³-hybridized carbons (Fsp3) is 0.692. The Hall–Kier alpha value is -0.840. The quantitative estimate of drug-likeness (QED) is 0.834. The number of ether oxygens (including phenoxy) is 1. The highest BCUT2D eigenvalue weighted by Crippen LogP contribution is 2.28. The molecule has 94 valence electrons. The Labute approximate surface area is 102 Å². The second-order valence-electron chi connectivity index (χ2n) is 4.93. The number of rotatable bonds is 5.